The number of aliphatic hydroxyl groups excluding tert-OH is 1. The van der Waals surface area contributed by atoms with Gasteiger partial charge in [-0.1, -0.05) is 29.8 Å². The van der Waals surface area contributed by atoms with E-state index in [1.807, 2.05) is 18.2 Å². The van der Waals surface area contributed by atoms with Crippen molar-refractivity contribution in [2.24, 2.45) is 0 Å². The van der Waals surface area contributed by atoms with Crippen molar-refractivity contribution in [2.45, 2.75) is 49.5 Å². The zero-order valence-electron chi connectivity index (χ0n) is 20.5. The minimum absolute atomic E-state index is 0.130. The van der Waals surface area contributed by atoms with Crippen molar-refractivity contribution in [3.05, 3.63) is 76.6 Å². The minimum atomic E-state index is -3.39. The highest BCUT2D eigenvalue weighted by atomic mass is 35.5. The van der Waals surface area contributed by atoms with Gasteiger partial charge in [0.25, 0.3) is 0 Å². The molecule has 0 spiro atoms. The molecule has 1 saturated heterocycles. The zero-order chi connectivity index (χ0) is 26.3. The van der Waals surface area contributed by atoms with Gasteiger partial charge in [-0.3, -0.25) is 9.69 Å². The molecular formula is C26H28ClN5O4S. The summed E-state index contributed by atoms with van der Waals surface area (Å²) in [6, 6.07) is 11.8. The van der Waals surface area contributed by atoms with Gasteiger partial charge in [-0.15, -0.1) is 0 Å². The van der Waals surface area contributed by atoms with Gasteiger partial charge in [0.1, 0.15) is 12.3 Å². The number of aromatic nitrogens is 2. The highest BCUT2D eigenvalue weighted by molar-refractivity contribution is 7.90. The van der Waals surface area contributed by atoms with Crippen LogP contribution in [-0.4, -0.2) is 53.3 Å². The number of anilines is 2. The molecule has 2 aromatic carbocycles. The number of benzene rings is 2. The average Bonchev–Trinajstić information content (AvgIpc) is 3.49. The summed E-state index contributed by atoms with van der Waals surface area (Å²) >= 11 is 6.19. The van der Waals surface area contributed by atoms with Gasteiger partial charge in [0.2, 0.25) is 11.9 Å². The van der Waals surface area contributed by atoms with Crippen LogP contribution < -0.4 is 10.2 Å². The maximum absolute atomic E-state index is 13.3. The van der Waals surface area contributed by atoms with Gasteiger partial charge in [-0.25, -0.2) is 18.4 Å². The third-order valence-electron chi connectivity index (χ3n) is 6.90. The molecule has 1 amide bonds. The molecule has 11 heteroatoms. The van der Waals surface area contributed by atoms with Crippen LogP contribution in [0.25, 0.3) is 0 Å². The van der Waals surface area contributed by atoms with Gasteiger partial charge in [-0.2, -0.15) is 0 Å². The van der Waals surface area contributed by atoms with Gasteiger partial charge in [0, 0.05) is 24.4 Å². The van der Waals surface area contributed by atoms with Crippen LogP contribution >= 0.6 is 11.6 Å². The van der Waals surface area contributed by atoms with Crippen molar-refractivity contribution in [1.29, 1.82) is 0 Å². The fourth-order valence-corrected chi connectivity index (χ4v) is 6.00. The summed E-state index contributed by atoms with van der Waals surface area (Å²) < 4.78 is 24.0. The Balaban J connectivity index is 1.34. The largest absolute Gasteiger partial charge is 0.379 e. The van der Waals surface area contributed by atoms with Gasteiger partial charge in [0.15, 0.2) is 9.84 Å². The number of carbonyl (C=O) groups is 1. The molecule has 9 nitrogen and oxygen atoms in total. The normalized spacial score (nSPS) is 20.6. The fourth-order valence-electron chi connectivity index (χ4n) is 5.13. The van der Waals surface area contributed by atoms with Crippen molar-refractivity contribution < 1.29 is 18.3 Å². The molecular weight excluding hydrogens is 514 g/mol. The van der Waals surface area contributed by atoms with Gasteiger partial charge in [0.05, 0.1) is 29.0 Å². The molecule has 1 aromatic heterocycles. The van der Waals surface area contributed by atoms with Crippen LogP contribution in [0, 0.1) is 0 Å². The number of halogens is 1. The van der Waals surface area contributed by atoms with Crippen molar-refractivity contribution in [3.63, 3.8) is 0 Å². The lowest BCUT2D eigenvalue weighted by molar-refractivity contribution is -0.125. The van der Waals surface area contributed by atoms with E-state index in [0.29, 0.717) is 27.8 Å². The summed E-state index contributed by atoms with van der Waals surface area (Å²) in [5, 5.41) is 13.9. The van der Waals surface area contributed by atoms with Gasteiger partial charge >= 0.3 is 0 Å². The molecule has 0 radical (unpaired) electrons. The summed E-state index contributed by atoms with van der Waals surface area (Å²) in [5.74, 6) is 0.215. The Morgan fingerprint density at radius 3 is 2.62 bits per heavy atom. The monoisotopic (exact) mass is 541 g/mol. The average molecular weight is 542 g/mol. The minimum Gasteiger partial charge on any atom is -0.379 e. The Hall–Kier alpha value is -3.05. The van der Waals surface area contributed by atoms with Gasteiger partial charge < -0.3 is 15.3 Å². The summed E-state index contributed by atoms with van der Waals surface area (Å²) in [5.41, 5.74) is 2.89. The van der Waals surface area contributed by atoms with E-state index in [-0.39, 0.29) is 23.4 Å². The maximum Gasteiger partial charge on any atom is 0.246 e. The van der Waals surface area contributed by atoms with Crippen LogP contribution in [0.3, 0.4) is 0 Å². The standard InChI is InChI=1S/C26H28ClN5O4S/c1-16(33)32-15-18-12-21(37(2,35)36)8-9-22(18)24(32)25(34)30-20-13-28-26(29-14-20)31-10-4-7-23(31)17-5-3-6-19(27)11-17/h3,5-6,8-9,11-14,16,23-24,33H,4,7,10,15H2,1-2H3,(H,30,34)/t16?,23-,24+/m0/s1. The zero-order valence-corrected chi connectivity index (χ0v) is 22.1. The van der Waals surface area contributed by atoms with Crippen LogP contribution in [0.2, 0.25) is 5.02 Å². The second-order valence-electron chi connectivity index (χ2n) is 9.51. The lowest BCUT2D eigenvalue weighted by atomic mass is 10.0. The Kier molecular flexibility index (Phi) is 6.93. The van der Waals surface area contributed by atoms with Crippen molar-refractivity contribution in [1.82, 2.24) is 14.9 Å². The first-order valence-electron chi connectivity index (χ1n) is 12.0. The number of rotatable bonds is 6. The van der Waals surface area contributed by atoms with E-state index in [4.69, 9.17) is 11.6 Å². The molecule has 3 aromatic rings. The van der Waals surface area contributed by atoms with Crippen LogP contribution in [0.15, 0.2) is 59.8 Å². The number of nitrogens with zero attached hydrogens (tertiary/aromatic N) is 4. The Labute approximate surface area is 221 Å². The van der Waals surface area contributed by atoms with E-state index in [9.17, 15) is 18.3 Å². The Morgan fingerprint density at radius 2 is 1.95 bits per heavy atom. The summed E-state index contributed by atoms with van der Waals surface area (Å²) in [7, 11) is -3.39. The topological polar surface area (TPSA) is 116 Å². The number of aliphatic hydroxyl groups is 1. The third-order valence-corrected chi connectivity index (χ3v) is 8.24. The SMILES string of the molecule is CC(O)N1Cc2cc(S(C)(=O)=O)ccc2[C@@H]1C(=O)Nc1cnc(N2CCC[C@H]2c2cccc(Cl)c2)nc1. The van der Waals surface area contributed by atoms with Crippen molar-refractivity contribution >= 4 is 39.0 Å². The quantitative estimate of drug-likeness (QED) is 0.485. The predicted molar refractivity (Wildman–Crippen MR) is 141 cm³/mol. The molecule has 3 heterocycles. The number of amides is 1. The van der Waals surface area contributed by atoms with Gasteiger partial charge in [-0.05, 0) is 60.7 Å². The van der Waals surface area contributed by atoms with Crippen molar-refractivity contribution in [3.8, 4) is 0 Å². The number of sulfone groups is 1. The van der Waals surface area contributed by atoms with Crippen LogP contribution in [0.4, 0.5) is 11.6 Å². The number of carbonyl (C=O) groups excluding carboxylic acids is 1. The maximum atomic E-state index is 13.3. The number of hydrogen-bond donors (Lipinski definition) is 2. The molecule has 2 aliphatic heterocycles. The van der Waals surface area contributed by atoms with E-state index >= 15 is 0 Å². The van der Waals surface area contributed by atoms with Crippen LogP contribution in [-0.2, 0) is 21.2 Å². The van der Waals surface area contributed by atoms with E-state index in [1.165, 1.54) is 6.07 Å². The first kappa shape index (κ1) is 25.6. The molecule has 1 unspecified atom stereocenters. The second-order valence-corrected chi connectivity index (χ2v) is 12.0. The second kappa shape index (κ2) is 10.0. The molecule has 1 fully saturated rings. The smallest absolute Gasteiger partial charge is 0.246 e. The highest BCUT2D eigenvalue weighted by Crippen LogP contribution is 2.38. The molecule has 2 aliphatic rings. The van der Waals surface area contributed by atoms with E-state index < -0.39 is 22.1 Å². The molecule has 37 heavy (non-hydrogen) atoms. The van der Waals surface area contributed by atoms with E-state index in [2.05, 4.69) is 26.3 Å². The van der Waals surface area contributed by atoms with Crippen LogP contribution in [0.5, 0.6) is 0 Å². The Morgan fingerprint density at radius 1 is 1.19 bits per heavy atom. The molecule has 3 atom stereocenters. The Bertz CT molecular complexity index is 1430. The lowest BCUT2D eigenvalue weighted by Gasteiger charge is -2.27. The van der Waals surface area contributed by atoms with E-state index in [0.717, 1.165) is 31.2 Å². The first-order valence-corrected chi connectivity index (χ1v) is 14.3. The summed E-state index contributed by atoms with van der Waals surface area (Å²) in [6.07, 6.45) is 5.35. The summed E-state index contributed by atoms with van der Waals surface area (Å²) in [6.45, 7) is 2.65. The predicted octanol–water partition coefficient (Wildman–Crippen LogP) is 3.71. The molecule has 0 saturated carbocycles. The number of hydrogen-bond acceptors (Lipinski definition) is 8. The molecule has 0 bridgehead atoms. The van der Waals surface area contributed by atoms with Crippen molar-refractivity contribution in [2.75, 3.05) is 23.0 Å². The molecule has 2 N–H and O–H groups in total. The number of fused-ring (bicyclic) bond motifs is 1. The molecule has 194 valence electrons. The first-order chi connectivity index (χ1) is 17.6. The lowest BCUT2D eigenvalue weighted by Crippen LogP contribution is -2.38. The molecule has 0 aliphatic carbocycles. The van der Waals surface area contributed by atoms with E-state index in [1.54, 1.807) is 36.4 Å². The summed E-state index contributed by atoms with van der Waals surface area (Å²) in [4.78, 5) is 26.3. The highest BCUT2D eigenvalue weighted by Gasteiger charge is 2.38. The molecule has 5 rings (SSSR count). The third kappa shape index (κ3) is 5.19. The fraction of sp³-hybridized carbons (Fsp3) is 0.346. The number of nitrogens with one attached hydrogen (secondary N) is 1. The van der Waals surface area contributed by atoms with Crippen LogP contribution in [0.1, 0.15) is 48.5 Å².